The molecule has 0 amide bonds. The van der Waals surface area contributed by atoms with Gasteiger partial charge in [0.1, 0.15) is 5.82 Å². The Morgan fingerprint density at radius 2 is 1.77 bits per heavy atom. The molecule has 0 N–H and O–H groups in total. The van der Waals surface area contributed by atoms with Crippen molar-refractivity contribution in [3.63, 3.8) is 0 Å². The highest BCUT2D eigenvalue weighted by atomic mass is 19.1. The Kier molecular flexibility index (Phi) is 3.11. The number of hydrogen-bond acceptors (Lipinski definition) is 1. The quantitative estimate of drug-likeness (QED) is 0.409. The van der Waals surface area contributed by atoms with E-state index in [0.717, 1.165) is 51.0 Å². The highest BCUT2D eigenvalue weighted by Gasteiger charge is 2.21. The van der Waals surface area contributed by atoms with E-state index in [4.69, 9.17) is 0 Å². The molecule has 2 heterocycles. The zero-order chi connectivity index (χ0) is 18.0. The van der Waals surface area contributed by atoms with Crippen molar-refractivity contribution in [3.05, 3.63) is 75.8 Å². The first-order valence-corrected chi connectivity index (χ1v) is 9.02. The van der Waals surface area contributed by atoms with Crippen LogP contribution in [0.5, 0.6) is 0 Å². The van der Waals surface area contributed by atoms with Crippen LogP contribution in [-0.2, 0) is 6.42 Å². The van der Waals surface area contributed by atoms with Crippen LogP contribution in [0.15, 0.2) is 53.3 Å². The van der Waals surface area contributed by atoms with Crippen molar-refractivity contribution in [2.75, 3.05) is 0 Å². The lowest BCUT2D eigenvalue weighted by molar-refractivity contribution is 0.622. The summed E-state index contributed by atoms with van der Waals surface area (Å²) < 4.78 is 16.5. The fraction of sp³-hybridized carbons (Fsp3) is 0.174. The van der Waals surface area contributed by atoms with Gasteiger partial charge in [0, 0.05) is 21.5 Å². The van der Waals surface area contributed by atoms with Gasteiger partial charge in [0.25, 0.3) is 5.56 Å². The van der Waals surface area contributed by atoms with E-state index in [-0.39, 0.29) is 11.4 Å². The summed E-state index contributed by atoms with van der Waals surface area (Å²) >= 11 is 0. The fourth-order valence-corrected chi connectivity index (χ4v) is 4.40. The summed E-state index contributed by atoms with van der Waals surface area (Å²) in [6.07, 6.45) is 1.82. The third-order valence-corrected chi connectivity index (χ3v) is 5.51. The average Bonchev–Trinajstić information content (AvgIpc) is 2.97. The molecule has 2 aromatic heterocycles. The van der Waals surface area contributed by atoms with Crippen LogP contribution in [-0.4, -0.2) is 4.40 Å². The number of hydrogen-bond donors (Lipinski definition) is 0. The van der Waals surface area contributed by atoms with Gasteiger partial charge in [-0.2, -0.15) is 0 Å². The molecule has 0 bridgehead atoms. The molecule has 0 saturated heterocycles. The molecule has 0 aliphatic carbocycles. The lowest BCUT2D eigenvalue weighted by Crippen LogP contribution is -2.14. The summed E-state index contributed by atoms with van der Waals surface area (Å²) in [4.78, 5) is 13.4. The van der Waals surface area contributed by atoms with Gasteiger partial charge < -0.3 is 0 Å². The molecule has 0 aliphatic heterocycles. The van der Waals surface area contributed by atoms with E-state index >= 15 is 0 Å². The largest absolute Gasteiger partial charge is 0.275 e. The lowest BCUT2D eigenvalue weighted by atomic mass is 9.95. The van der Waals surface area contributed by atoms with Gasteiger partial charge >= 0.3 is 0 Å². The molecule has 0 aliphatic rings. The Morgan fingerprint density at radius 1 is 1.00 bits per heavy atom. The smallest absolute Gasteiger partial charge is 0.263 e. The number of rotatable bonds is 2. The van der Waals surface area contributed by atoms with E-state index in [1.165, 1.54) is 0 Å². The first kappa shape index (κ1) is 15.3. The summed E-state index contributed by atoms with van der Waals surface area (Å²) in [5, 5.41) is 4.27. The highest BCUT2D eigenvalue weighted by molar-refractivity contribution is 6.19. The van der Waals surface area contributed by atoms with Gasteiger partial charge in [0.2, 0.25) is 0 Å². The van der Waals surface area contributed by atoms with Crippen molar-refractivity contribution in [2.24, 2.45) is 0 Å². The van der Waals surface area contributed by atoms with E-state index in [1.54, 1.807) is 10.5 Å². The molecule has 0 fully saturated rings. The van der Waals surface area contributed by atoms with Gasteiger partial charge in [0.15, 0.2) is 0 Å². The van der Waals surface area contributed by atoms with Crippen molar-refractivity contribution in [2.45, 2.75) is 26.7 Å². The second-order valence-corrected chi connectivity index (χ2v) is 7.00. The van der Waals surface area contributed by atoms with E-state index in [1.807, 2.05) is 43.3 Å². The highest BCUT2D eigenvalue weighted by Crippen LogP contribution is 2.37. The predicted molar refractivity (Wildman–Crippen MR) is 106 cm³/mol. The number of benzene rings is 3. The number of nitrogens with zero attached hydrogens (tertiary/aromatic N) is 1. The van der Waals surface area contributed by atoms with Gasteiger partial charge in [-0.3, -0.25) is 9.20 Å². The SMILES string of the molecule is CCCc1c2ccccc2n2c(=O)c3cccc4cc(F)c(C)c(c43)c12. The Hall–Kier alpha value is -2.94. The molecule has 3 heteroatoms. The fourth-order valence-electron chi connectivity index (χ4n) is 4.40. The lowest BCUT2D eigenvalue weighted by Gasteiger charge is -2.12. The monoisotopic (exact) mass is 343 g/mol. The number of pyridine rings is 1. The van der Waals surface area contributed by atoms with Gasteiger partial charge in [-0.1, -0.05) is 43.7 Å². The Bertz CT molecular complexity index is 1380. The normalized spacial score (nSPS) is 12.1. The molecule has 0 spiro atoms. The summed E-state index contributed by atoms with van der Waals surface area (Å²) in [5.74, 6) is -0.224. The maximum Gasteiger partial charge on any atom is 0.263 e. The van der Waals surface area contributed by atoms with Gasteiger partial charge in [-0.05, 0) is 48.1 Å². The zero-order valence-electron chi connectivity index (χ0n) is 14.8. The molecule has 5 aromatic rings. The second-order valence-electron chi connectivity index (χ2n) is 7.00. The first-order chi connectivity index (χ1) is 12.6. The summed E-state index contributed by atoms with van der Waals surface area (Å²) in [5.41, 5.74) is 3.50. The third-order valence-electron chi connectivity index (χ3n) is 5.51. The number of aromatic nitrogens is 1. The van der Waals surface area contributed by atoms with E-state index in [0.29, 0.717) is 10.9 Å². The van der Waals surface area contributed by atoms with E-state index < -0.39 is 0 Å². The first-order valence-electron chi connectivity index (χ1n) is 9.02. The van der Waals surface area contributed by atoms with Crippen LogP contribution in [0.3, 0.4) is 0 Å². The van der Waals surface area contributed by atoms with Crippen molar-refractivity contribution >= 4 is 38.0 Å². The topological polar surface area (TPSA) is 21.5 Å². The molecule has 0 saturated carbocycles. The summed E-state index contributed by atoms with van der Waals surface area (Å²) in [7, 11) is 0. The molecule has 0 atom stereocenters. The zero-order valence-corrected chi connectivity index (χ0v) is 14.8. The van der Waals surface area contributed by atoms with E-state index in [9.17, 15) is 9.18 Å². The molecular formula is C23H18FNO. The molecule has 2 nitrogen and oxygen atoms in total. The molecule has 128 valence electrons. The minimum atomic E-state index is -0.224. The maximum atomic E-state index is 14.7. The molecule has 5 rings (SSSR count). The molecule has 26 heavy (non-hydrogen) atoms. The van der Waals surface area contributed by atoms with Crippen LogP contribution >= 0.6 is 0 Å². The van der Waals surface area contributed by atoms with Crippen LogP contribution in [0, 0.1) is 12.7 Å². The Balaban J connectivity index is 2.25. The molecule has 0 radical (unpaired) electrons. The van der Waals surface area contributed by atoms with Crippen LogP contribution in [0.2, 0.25) is 0 Å². The van der Waals surface area contributed by atoms with Crippen molar-refractivity contribution in [3.8, 4) is 0 Å². The standard InChI is InChI=1S/C23H18FNO/c1-3-7-16-15-9-4-5-11-19(15)25-22(16)20-13(2)18(24)12-14-8-6-10-17(21(14)20)23(25)26/h4-6,8-12H,3,7H2,1-2H3. The van der Waals surface area contributed by atoms with Crippen LogP contribution in [0.1, 0.15) is 24.5 Å². The third kappa shape index (κ3) is 1.78. The number of para-hydroxylation sites is 1. The maximum absolute atomic E-state index is 14.7. The number of fused-ring (bicyclic) bond motifs is 4. The minimum absolute atomic E-state index is 0.0253. The van der Waals surface area contributed by atoms with Crippen molar-refractivity contribution in [1.82, 2.24) is 4.40 Å². The Morgan fingerprint density at radius 3 is 2.58 bits per heavy atom. The van der Waals surface area contributed by atoms with Crippen LogP contribution in [0.4, 0.5) is 4.39 Å². The molecule has 0 unspecified atom stereocenters. The number of aryl methyl sites for hydroxylation is 2. The van der Waals surface area contributed by atoms with Crippen molar-refractivity contribution < 1.29 is 4.39 Å². The number of halogens is 1. The minimum Gasteiger partial charge on any atom is -0.275 e. The van der Waals surface area contributed by atoms with Crippen LogP contribution in [0.25, 0.3) is 38.0 Å². The van der Waals surface area contributed by atoms with Gasteiger partial charge in [-0.25, -0.2) is 4.39 Å². The molecule has 3 aromatic carbocycles. The summed E-state index contributed by atoms with van der Waals surface area (Å²) in [6.45, 7) is 3.94. The molecular weight excluding hydrogens is 325 g/mol. The Labute approximate surface area is 149 Å². The van der Waals surface area contributed by atoms with E-state index in [2.05, 4.69) is 13.0 Å². The average molecular weight is 343 g/mol. The van der Waals surface area contributed by atoms with Gasteiger partial charge in [0.05, 0.1) is 11.0 Å². The van der Waals surface area contributed by atoms with Crippen LogP contribution < -0.4 is 5.56 Å². The predicted octanol–water partition coefficient (Wildman–Crippen LogP) is 5.60. The van der Waals surface area contributed by atoms with Crippen molar-refractivity contribution in [1.29, 1.82) is 0 Å². The van der Waals surface area contributed by atoms with Gasteiger partial charge in [-0.15, -0.1) is 0 Å². The second kappa shape index (κ2) is 5.28. The summed E-state index contributed by atoms with van der Waals surface area (Å²) in [6, 6.07) is 15.1.